The zero-order valence-electron chi connectivity index (χ0n) is 22.6. The molecule has 0 saturated carbocycles. The van der Waals surface area contributed by atoms with E-state index in [1.807, 2.05) is 74.6 Å². The molecule has 204 valence electrons. The molecule has 2 heterocycles. The van der Waals surface area contributed by atoms with Crippen LogP contribution < -0.4 is 10.6 Å². The lowest BCUT2D eigenvalue weighted by Gasteiger charge is -2.43. The van der Waals surface area contributed by atoms with E-state index < -0.39 is 5.92 Å². The Balaban J connectivity index is 1.63. The summed E-state index contributed by atoms with van der Waals surface area (Å²) in [6.45, 7) is 4.10. The van der Waals surface area contributed by atoms with E-state index in [-0.39, 0.29) is 28.4 Å². The number of anilines is 1. The van der Waals surface area contributed by atoms with Crippen LogP contribution in [0.5, 0.6) is 0 Å². The summed E-state index contributed by atoms with van der Waals surface area (Å²) < 4.78 is 16.6. The molecule has 1 atom stereocenters. The standard InChI is InChI=1S/C33H27BrFN5O/c1-33(2)16-27-30(28(41)17-33)29(25(18-36)32(37)40(27)24-14-12-22(35)13-15-24)26-19-39(23-6-4-3-5-7-23)38-31(26)20-8-10-21(34)11-9-20/h3-15,19,29H,16-17,37H2,1-2H3. The molecule has 0 saturated heterocycles. The third-order valence-corrected chi connectivity index (χ3v) is 8.19. The number of hydrogen-bond acceptors (Lipinski definition) is 5. The van der Waals surface area contributed by atoms with Gasteiger partial charge in [-0.05, 0) is 60.4 Å². The van der Waals surface area contributed by atoms with Gasteiger partial charge in [0.05, 0.1) is 28.9 Å². The van der Waals surface area contributed by atoms with Gasteiger partial charge >= 0.3 is 0 Å². The molecule has 0 fully saturated rings. The number of nitriles is 1. The molecule has 6 nitrogen and oxygen atoms in total. The topological polar surface area (TPSA) is 87.9 Å². The number of Topliss-reactive ketones (excluding diaryl/α,β-unsaturated/α-hetero) is 1. The van der Waals surface area contributed by atoms with E-state index in [0.29, 0.717) is 29.8 Å². The van der Waals surface area contributed by atoms with Gasteiger partial charge in [-0.15, -0.1) is 0 Å². The van der Waals surface area contributed by atoms with Gasteiger partial charge in [-0.3, -0.25) is 9.69 Å². The predicted molar refractivity (Wildman–Crippen MR) is 160 cm³/mol. The van der Waals surface area contributed by atoms with Crippen molar-refractivity contribution in [2.45, 2.75) is 32.6 Å². The molecular formula is C33H27BrFN5O. The van der Waals surface area contributed by atoms with E-state index in [1.54, 1.807) is 21.7 Å². The van der Waals surface area contributed by atoms with Crippen LogP contribution in [0.3, 0.4) is 0 Å². The zero-order valence-corrected chi connectivity index (χ0v) is 24.2. The Morgan fingerprint density at radius 2 is 1.68 bits per heavy atom. The Bertz CT molecular complexity index is 1760. The highest BCUT2D eigenvalue weighted by atomic mass is 79.9. The van der Waals surface area contributed by atoms with Gasteiger partial charge in [0.25, 0.3) is 0 Å². The van der Waals surface area contributed by atoms with Crippen molar-refractivity contribution in [3.8, 4) is 23.0 Å². The van der Waals surface area contributed by atoms with Crippen LogP contribution in [0.2, 0.25) is 0 Å². The van der Waals surface area contributed by atoms with E-state index in [1.165, 1.54) is 12.1 Å². The number of hydrogen-bond donors (Lipinski definition) is 1. The molecule has 1 unspecified atom stereocenters. The number of rotatable bonds is 4. The van der Waals surface area contributed by atoms with E-state index in [9.17, 15) is 14.4 Å². The molecule has 2 aliphatic rings. The molecule has 4 aromatic rings. The molecule has 41 heavy (non-hydrogen) atoms. The number of nitrogens with zero attached hydrogens (tertiary/aromatic N) is 4. The number of nitrogens with two attached hydrogens (primary N) is 1. The van der Waals surface area contributed by atoms with Crippen LogP contribution in [0.1, 0.15) is 38.2 Å². The fourth-order valence-electron chi connectivity index (χ4n) is 5.85. The number of aromatic nitrogens is 2. The number of carbonyl (C=O) groups is 1. The molecule has 6 rings (SSSR count). The van der Waals surface area contributed by atoms with Crippen molar-refractivity contribution >= 4 is 27.4 Å². The summed E-state index contributed by atoms with van der Waals surface area (Å²) in [5.41, 5.74) is 11.7. The van der Waals surface area contributed by atoms with E-state index in [0.717, 1.165) is 27.0 Å². The highest BCUT2D eigenvalue weighted by Gasteiger charge is 2.46. The maximum atomic E-state index is 14.0. The smallest absolute Gasteiger partial charge is 0.162 e. The summed E-state index contributed by atoms with van der Waals surface area (Å²) in [6, 6.07) is 25.8. The maximum Gasteiger partial charge on any atom is 0.162 e. The van der Waals surface area contributed by atoms with Crippen molar-refractivity contribution in [2.75, 3.05) is 4.90 Å². The molecular weight excluding hydrogens is 581 g/mol. The van der Waals surface area contributed by atoms with Crippen molar-refractivity contribution < 1.29 is 9.18 Å². The fourth-order valence-corrected chi connectivity index (χ4v) is 6.11. The van der Waals surface area contributed by atoms with Crippen LogP contribution in [-0.4, -0.2) is 15.6 Å². The minimum absolute atomic E-state index is 0.0390. The minimum atomic E-state index is -0.716. The SMILES string of the molecule is CC1(C)CC(=O)C2=C(C1)N(c1ccc(F)cc1)C(N)=C(C#N)C2c1cn(-c2ccccc2)nc1-c1ccc(Br)cc1. The second-order valence-electron chi connectivity index (χ2n) is 11.2. The van der Waals surface area contributed by atoms with Gasteiger partial charge in [0.1, 0.15) is 11.6 Å². The lowest BCUT2D eigenvalue weighted by molar-refractivity contribution is -0.118. The van der Waals surface area contributed by atoms with Gasteiger partial charge in [0, 0.05) is 45.2 Å². The first-order chi connectivity index (χ1) is 19.7. The Labute approximate surface area is 246 Å². The van der Waals surface area contributed by atoms with Gasteiger partial charge in [0.2, 0.25) is 0 Å². The summed E-state index contributed by atoms with van der Waals surface area (Å²) in [5.74, 6) is -0.912. The summed E-state index contributed by atoms with van der Waals surface area (Å²) in [4.78, 5) is 15.8. The van der Waals surface area contributed by atoms with E-state index in [2.05, 4.69) is 22.0 Å². The molecule has 0 amide bonds. The molecule has 3 aromatic carbocycles. The van der Waals surface area contributed by atoms with Crippen LogP contribution >= 0.6 is 15.9 Å². The van der Waals surface area contributed by atoms with Crippen LogP contribution in [0.25, 0.3) is 16.9 Å². The molecule has 2 N–H and O–H groups in total. The van der Waals surface area contributed by atoms with Crippen LogP contribution in [0.15, 0.2) is 112 Å². The highest BCUT2D eigenvalue weighted by Crippen LogP contribution is 2.51. The van der Waals surface area contributed by atoms with Gasteiger partial charge in [-0.2, -0.15) is 10.4 Å². The second kappa shape index (κ2) is 10.2. The van der Waals surface area contributed by atoms with Gasteiger partial charge < -0.3 is 5.73 Å². The quantitative estimate of drug-likeness (QED) is 0.261. The predicted octanol–water partition coefficient (Wildman–Crippen LogP) is 7.38. The summed E-state index contributed by atoms with van der Waals surface area (Å²) in [7, 11) is 0. The molecule has 0 radical (unpaired) electrons. The van der Waals surface area contributed by atoms with Crippen molar-refractivity contribution in [1.29, 1.82) is 5.26 Å². The van der Waals surface area contributed by atoms with Gasteiger partial charge in [-0.1, -0.05) is 60.1 Å². The summed E-state index contributed by atoms with van der Waals surface area (Å²) in [6.07, 6.45) is 2.79. The Hall–Kier alpha value is -4.48. The lowest BCUT2D eigenvalue weighted by Crippen LogP contribution is -2.42. The molecule has 8 heteroatoms. The maximum absolute atomic E-state index is 14.0. The van der Waals surface area contributed by atoms with Crippen molar-refractivity contribution in [3.05, 3.63) is 124 Å². The van der Waals surface area contributed by atoms with E-state index >= 15 is 0 Å². The average molecular weight is 609 g/mol. The molecule has 1 aliphatic heterocycles. The monoisotopic (exact) mass is 607 g/mol. The number of allylic oxidation sites excluding steroid dienone is 3. The first-order valence-electron chi connectivity index (χ1n) is 13.3. The summed E-state index contributed by atoms with van der Waals surface area (Å²) in [5, 5.41) is 15.5. The molecule has 1 aliphatic carbocycles. The highest BCUT2D eigenvalue weighted by molar-refractivity contribution is 9.10. The average Bonchev–Trinajstić information content (AvgIpc) is 3.39. The molecule has 1 aromatic heterocycles. The number of carbonyl (C=O) groups excluding carboxylic acids is 1. The van der Waals surface area contributed by atoms with Crippen LogP contribution in [0.4, 0.5) is 10.1 Å². The van der Waals surface area contributed by atoms with Gasteiger partial charge in [0.15, 0.2) is 5.78 Å². The third kappa shape index (κ3) is 4.76. The largest absolute Gasteiger partial charge is 0.384 e. The number of ketones is 1. The Kier molecular flexibility index (Phi) is 6.63. The Morgan fingerprint density at radius 1 is 1.00 bits per heavy atom. The van der Waals surface area contributed by atoms with Crippen molar-refractivity contribution in [2.24, 2.45) is 11.1 Å². The van der Waals surface area contributed by atoms with Crippen molar-refractivity contribution in [1.82, 2.24) is 9.78 Å². The number of benzene rings is 3. The molecule has 0 bridgehead atoms. The number of para-hydroxylation sites is 1. The molecule has 0 spiro atoms. The van der Waals surface area contributed by atoms with Crippen molar-refractivity contribution in [3.63, 3.8) is 0 Å². The zero-order chi connectivity index (χ0) is 28.9. The normalized spacial score (nSPS) is 18.4. The van der Waals surface area contributed by atoms with Crippen LogP contribution in [0, 0.1) is 22.6 Å². The lowest BCUT2D eigenvalue weighted by atomic mass is 9.68. The third-order valence-electron chi connectivity index (χ3n) is 7.66. The minimum Gasteiger partial charge on any atom is -0.384 e. The fraction of sp³-hybridized carbons (Fsp3) is 0.182. The first-order valence-corrected chi connectivity index (χ1v) is 14.1. The number of halogens is 2. The first kappa shape index (κ1) is 26.7. The second-order valence-corrected chi connectivity index (χ2v) is 12.1. The van der Waals surface area contributed by atoms with Gasteiger partial charge in [-0.25, -0.2) is 9.07 Å². The summed E-state index contributed by atoms with van der Waals surface area (Å²) >= 11 is 3.51. The van der Waals surface area contributed by atoms with E-state index in [4.69, 9.17) is 10.8 Å². The Morgan fingerprint density at radius 3 is 2.34 bits per heavy atom. The van der Waals surface area contributed by atoms with Crippen LogP contribution in [-0.2, 0) is 4.79 Å².